The molecule has 25 heavy (non-hydrogen) atoms. The summed E-state index contributed by atoms with van der Waals surface area (Å²) in [7, 11) is 0. The van der Waals surface area contributed by atoms with Crippen LogP contribution in [0.3, 0.4) is 0 Å². The average molecular weight is 338 g/mol. The van der Waals surface area contributed by atoms with Gasteiger partial charge in [-0.25, -0.2) is 18.7 Å². The van der Waals surface area contributed by atoms with Gasteiger partial charge < -0.3 is 4.74 Å². The fourth-order valence-electron chi connectivity index (χ4n) is 2.37. The summed E-state index contributed by atoms with van der Waals surface area (Å²) < 4.78 is 33.2. The molecule has 3 heterocycles. The molecule has 1 aromatic carbocycles. The molecule has 0 aliphatic rings. The van der Waals surface area contributed by atoms with Crippen molar-refractivity contribution in [2.24, 2.45) is 0 Å². The van der Waals surface area contributed by atoms with E-state index >= 15 is 0 Å². The van der Waals surface area contributed by atoms with E-state index in [1.54, 1.807) is 35.0 Å². The Labute approximate surface area is 141 Å². The van der Waals surface area contributed by atoms with E-state index in [9.17, 15) is 8.78 Å². The zero-order chi connectivity index (χ0) is 17.2. The predicted octanol–water partition coefficient (Wildman–Crippen LogP) is 3.65. The van der Waals surface area contributed by atoms with Crippen molar-refractivity contribution in [2.45, 2.75) is 6.61 Å². The number of hydrogen-bond donors (Lipinski definition) is 0. The van der Waals surface area contributed by atoms with Crippen LogP contribution in [0.1, 0.15) is 5.69 Å². The van der Waals surface area contributed by atoms with Gasteiger partial charge in [-0.3, -0.25) is 9.38 Å². The summed E-state index contributed by atoms with van der Waals surface area (Å²) in [5.41, 5.74) is 2.05. The Morgan fingerprint density at radius 2 is 1.68 bits per heavy atom. The van der Waals surface area contributed by atoms with Crippen molar-refractivity contribution < 1.29 is 13.5 Å². The summed E-state index contributed by atoms with van der Waals surface area (Å²) in [5.74, 6) is 0.373. The molecule has 124 valence electrons. The van der Waals surface area contributed by atoms with Crippen LogP contribution in [0.4, 0.5) is 8.78 Å². The SMILES string of the molecule is Fc1ccc(OCc2cn3cc(-c4ccc(F)cn4)cnc3n2)cc1. The molecule has 0 aliphatic carbocycles. The van der Waals surface area contributed by atoms with Crippen LogP contribution in [-0.4, -0.2) is 19.4 Å². The third-order valence-electron chi connectivity index (χ3n) is 3.58. The first kappa shape index (κ1) is 15.2. The van der Waals surface area contributed by atoms with Crippen molar-refractivity contribution in [3.63, 3.8) is 0 Å². The predicted molar refractivity (Wildman–Crippen MR) is 86.9 cm³/mol. The van der Waals surface area contributed by atoms with Gasteiger partial charge in [-0.05, 0) is 36.4 Å². The number of halogens is 2. The molecule has 4 rings (SSSR count). The highest BCUT2D eigenvalue weighted by atomic mass is 19.1. The fourth-order valence-corrected chi connectivity index (χ4v) is 2.37. The number of rotatable bonds is 4. The molecule has 0 aliphatic heterocycles. The first-order valence-electron chi connectivity index (χ1n) is 7.51. The van der Waals surface area contributed by atoms with Crippen molar-refractivity contribution >= 4 is 5.78 Å². The minimum atomic E-state index is -0.388. The van der Waals surface area contributed by atoms with Crippen LogP contribution in [0.2, 0.25) is 0 Å². The number of nitrogens with zero attached hydrogens (tertiary/aromatic N) is 4. The van der Waals surface area contributed by atoms with E-state index < -0.39 is 0 Å². The van der Waals surface area contributed by atoms with E-state index in [0.29, 0.717) is 22.9 Å². The lowest BCUT2D eigenvalue weighted by Gasteiger charge is -2.02. The maximum atomic E-state index is 13.0. The maximum Gasteiger partial charge on any atom is 0.234 e. The van der Waals surface area contributed by atoms with Gasteiger partial charge in [0.05, 0.1) is 17.6 Å². The van der Waals surface area contributed by atoms with Gasteiger partial charge in [-0.15, -0.1) is 0 Å². The normalized spacial score (nSPS) is 11.0. The molecule has 0 bridgehead atoms. The number of imidazole rings is 1. The van der Waals surface area contributed by atoms with Gasteiger partial charge in [0.15, 0.2) is 0 Å². The van der Waals surface area contributed by atoms with Crippen molar-refractivity contribution in [1.82, 2.24) is 19.4 Å². The second-order valence-electron chi connectivity index (χ2n) is 5.39. The van der Waals surface area contributed by atoms with Crippen LogP contribution < -0.4 is 4.74 Å². The van der Waals surface area contributed by atoms with Gasteiger partial charge in [-0.1, -0.05) is 0 Å². The van der Waals surface area contributed by atoms with Gasteiger partial charge in [0.1, 0.15) is 24.0 Å². The number of ether oxygens (including phenoxy) is 1. The van der Waals surface area contributed by atoms with Crippen LogP contribution >= 0.6 is 0 Å². The van der Waals surface area contributed by atoms with E-state index in [2.05, 4.69) is 15.0 Å². The van der Waals surface area contributed by atoms with Crippen molar-refractivity contribution in [2.75, 3.05) is 0 Å². The Morgan fingerprint density at radius 1 is 0.880 bits per heavy atom. The second kappa shape index (κ2) is 6.27. The van der Waals surface area contributed by atoms with E-state index in [0.717, 1.165) is 11.8 Å². The molecule has 0 amide bonds. The quantitative estimate of drug-likeness (QED) is 0.570. The molecule has 0 saturated heterocycles. The summed E-state index contributed by atoms with van der Waals surface area (Å²) in [5, 5.41) is 0. The molecule has 3 aromatic heterocycles. The average Bonchev–Trinajstić information content (AvgIpc) is 3.04. The molecule has 0 atom stereocenters. The molecule has 0 radical (unpaired) electrons. The van der Waals surface area contributed by atoms with E-state index in [-0.39, 0.29) is 18.2 Å². The Morgan fingerprint density at radius 3 is 2.44 bits per heavy atom. The minimum Gasteiger partial charge on any atom is -0.487 e. The van der Waals surface area contributed by atoms with Crippen molar-refractivity contribution in [3.8, 4) is 17.0 Å². The second-order valence-corrected chi connectivity index (χ2v) is 5.39. The molecule has 5 nitrogen and oxygen atoms in total. The van der Waals surface area contributed by atoms with Crippen LogP contribution in [-0.2, 0) is 6.61 Å². The smallest absolute Gasteiger partial charge is 0.234 e. The molecule has 7 heteroatoms. The van der Waals surface area contributed by atoms with Gasteiger partial charge >= 0.3 is 0 Å². The van der Waals surface area contributed by atoms with Crippen LogP contribution in [0, 0.1) is 11.6 Å². The standard InChI is InChI=1S/C18H12F2N4O/c19-13-1-4-16(5-2-13)25-11-15-10-24-9-12(7-22-18(24)23-15)17-6-3-14(20)8-21-17/h1-10H,11H2. The lowest BCUT2D eigenvalue weighted by Crippen LogP contribution is -1.95. The number of benzene rings is 1. The Hall–Kier alpha value is -3.35. The van der Waals surface area contributed by atoms with E-state index in [4.69, 9.17) is 4.74 Å². The van der Waals surface area contributed by atoms with Crippen molar-refractivity contribution in [3.05, 3.63) is 78.5 Å². The lowest BCUT2D eigenvalue weighted by molar-refractivity contribution is 0.301. The Kier molecular flexibility index (Phi) is 3.81. The molecule has 0 N–H and O–H groups in total. The summed E-state index contributed by atoms with van der Waals surface area (Å²) in [6.07, 6.45) is 6.40. The zero-order valence-electron chi connectivity index (χ0n) is 12.9. The van der Waals surface area contributed by atoms with Gasteiger partial charge in [0.25, 0.3) is 0 Å². The highest BCUT2D eigenvalue weighted by molar-refractivity contribution is 5.57. The molecular formula is C18H12F2N4O. The van der Waals surface area contributed by atoms with Gasteiger partial charge in [0, 0.05) is 24.2 Å². The highest BCUT2D eigenvalue weighted by Crippen LogP contribution is 2.17. The fraction of sp³-hybridized carbons (Fsp3) is 0.0556. The molecule has 0 fully saturated rings. The highest BCUT2D eigenvalue weighted by Gasteiger charge is 2.07. The van der Waals surface area contributed by atoms with Gasteiger partial charge in [-0.2, -0.15) is 0 Å². The number of aromatic nitrogens is 4. The topological polar surface area (TPSA) is 52.3 Å². The monoisotopic (exact) mass is 338 g/mol. The first-order valence-corrected chi connectivity index (χ1v) is 7.51. The minimum absolute atomic E-state index is 0.235. The molecule has 0 spiro atoms. The summed E-state index contributed by atoms with van der Waals surface area (Å²) in [6.45, 7) is 0.235. The lowest BCUT2D eigenvalue weighted by atomic mass is 10.2. The number of fused-ring (bicyclic) bond motifs is 1. The third kappa shape index (κ3) is 3.30. The number of pyridine rings is 1. The summed E-state index contributed by atoms with van der Waals surface area (Å²) in [6, 6.07) is 8.73. The Bertz CT molecular complexity index is 1010. The molecule has 0 unspecified atom stereocenters. The van der Waals surface area contributed by atoms with E-state index in [1.165, 1.54) is 18.2 Å². The maximum absolute atomic E-state index is 13.0. The molecule has 0 saturated carbocycles. The van der Waals surface area contributed by atoms with Crippen LogP contribution in [0.15, 0.2) is 61.2 Å². The number of hydrogen-bond acceptors (Lipinski definition) is 4. The summed E-state index contributed by atoms with van der Waals surface area (Å²) in [4.78, 5) is 12.7. The van der Waals surface area contributed by atoms with Crippen LogP contribution in [0.5, 0.6) is 5.75 Å². The van der Waals surface area contributed by atoms with E-state index in [1.807, 2.05) is 6.20 Å². The third-order valence-corrected chi connectivity index (χ3v) is 3.58. The van der Waals surface area contributed by atoms with Crippen molar-refractivity contribution in [1.29, 1.82) is 0 Å². The summed E-state index contributed by atoms with van der Waals surface area (Å²) >= 11 is 0. The Balaban J connectivity index is 1.55. The molecule has 4 aromatic rings. The van der Waals surface area contributed by atoms with Gasteiger partial charge in [0.2, 0.25) is 5.78 Å². The molecular weight excluding hydrogens is 326 g/mol. The largest absolute Gasteiger partial charge is 0.487 e. The first-order chi connectivity index (χ1) is 12.2. The zero-order valence-corrected chi connectivity index (χ0v) is 12.9. The van der Waals surface area contributed by atoms with Crippen LogP contribution in [0.25, 0.3) is 17.0 Å².